The first-order valence-corrected chi connectivity index (χ1v) is 11.8. The van der Waals surface area contributed by atoms with Gasteiger partial charge in [0.25, 0.3) is 0 Å². The molecule has 3 heterocycles. The molecule has 0 saturated carbocycles. The van der Waals surface area contributed by atoms with Crippen LogP contribution in [0.15, 0.2) is 52.5 Å². The van der Waals surface area contributed by atoms with Crippen LogP contribution in [0.4, 0.5) is 10.8 Å². The number of furan rings is 1. The molecule has 30 heavy (non-hydrogen) atoms. The monoisotopic (exact) mass is 419 g/mol. The van der Waals surface area contributed by atoms with E-state index in [4.69, 9.17) is 9.40 Å². The van der Waals surface area contributed by atoms with Crippen molar-refractivity contribution < 1.29 is 4.42 Å². The minimum absolute atomic E-state index is 0.877. The molecule has 0 aliphatic heterocycles. The lowest BCUT2D eigenvalue weighted by Gasteiger charge is -2.02. The van der Waals surface area contributed by atoms with Crippen molar-refractivity contribution in [3.8, 4) is 11.3 Å². The zero-order valence-electron chi connectivity index (χ0n) is 17.8. The molecule has 0 saturated heterocycles. The molecule has 1 aromatic carbocycles. The molecule has 4 rings (SSSR count). The summed E-state index contributed by atoms with van der Waals surface area (Å²) in [5.74, 6) is 1.13. The van der Waals surface area contributed by atoms with E-state index in [-0.39, 0.29) is 0 Å². The fourth-order valence-electron chi connectivity index (χ4n) is 3.76. The lowest BCUT2D eigenvalue weighted by atomic mass is 10.1. The molecule has 5 heteroatoms. The summed E-state index contributed by atoms with van der Waals surface area (Å²) in [5.41, 5.74) is 5.23. The number of benzene rings is 1. The molecule has 0 aliphatic rings. The highest BCUT2D eigenvalue weighted by Crippen LogP contribution is 2.32. The van der Waals surface area contributed by atoms with Crippen molar-refractivity contribution >= 4 is 33.1 Å². The number of pyridine rings is 1. The summed E-state index contributed by atoms with van der Waals surface area (Å²) in [7, 11) is 0. The average Bonchev–Trinajstić information content (AvgIpc) is 3.36. The summed E-state index contributed by atoms with van der Waals surface area (Å²) in [6.07, 6.45) is 12.4. The van der Waals surface area contributed by atoms with E-state index in [0.29, 0.717) is 0 Å². The fraction of sp³-hybridized carbons (Fsp3) is 0.360. The van der Waals surface area contributed by atoms with Gasteiger partial charge in [-0.05, 0) is 49.2 Å². The van der Waals surface area contributed by atoms with Crippen LogP contribution in [0.25, 0.3) is 22.2 Å². The van der Waals surface area contributed by atoms with Gasteiger partial charge in [0, 0.05) is 40.8 Å². The minimum Gasteiger partial charge on any atom is -0.461 e. The Kier molecular flexibility index (Phi) is 6.80. The Morgan fingerprint density at radius 2 is 1.93 bits per heavy atom. The topological polar surface area (TPSA) is 51.0 Å². The van der Waals surface area contributed by atoms with Crippen molar-refractivity contribution in [1.82, 2.24) is 9.97 Å². The third kappa shape index (κ3) is 4.90. The second-order valence-corrected chi connectivity index (χ2v) is 8.64. The van der Waals surface area contributed by atoms with Crippen LogP contribution in [0.2, 0.25) is 0 Å². The molecule has 3 aromatic heterocycles. The molecule has 0 fully saturated rings. The van der Waals surface area contributed by atoms with Crippen LogP contribution in [0.3, 0.4) is 0 Å². The van der Waals surface area contributed by atoms with Gasteiger partial charge >= 0.3 is 0 Å². The van der Waals surface area contributed by atoms with E-state index in [1.807, 2.05) is 18.3 Å². The van der Waals surface area contributed by atoms with Crippen LogP contribution in [-0.2, 0) is 6.42 Å². The van der Waals surface area contributed by atoms with E-state index >= 15 is 0 Å². The summed E-state index contributed by atoms with van der Waals surface area (Å²) < 4.78 is 6.15. The summed E-state index contributed by atoms with van der Waals surface area (Å²) in [4.78, 5) is 8.87. The molecular weight excluding hydrogens is 390 g/mol. The van der Waals surface area contributed by atoms with Crippen LogP contribution < -0.4 is 5.32 Å². The fourth-order valence-corrected chi connectivity index (χ4v) is 4.50. The second kappa shape index (κ2) is 9.90. The predicted molar refractivity (Wildman–Crippen MR) is 127 cm³/mol. The zero-order chi connectivity index (χ0) is 20.8. The summed E-state index contributed by atoms with van der Waals surface area (Å²) in [5, 5.41) is 7.56. The quantitative estimate of drug-likeness (QED) is 0.265. The highest BCUT2D eigenvalue weighted by Gasteiger charge is 2.12. The lowest BCUT2D eigenvalue weighted by Crippen LogP contribution is -1.90. The standard InChI is InChI=1S/C25H29N3OS/c1-3-4-5-6-7-8-11-23-18(2)21-15-20(12-13-24(21)29-23)27-25-28-22(17-30-25)19-10-9-14-26-16-19/h9-10,12-17H,3-8,11H2,1-2H3,(H,27,28). The molecule has 0 radical (unpaired) electrons. The van der Waals surface area contributed by atoms with Gasteiger partial charge in [-0.3, -0.25) is 4.98 Å². The maximum absolute atomic E-state index is 6.15. The predicted octanol–water partition coefficient (Wildman–Crippen LogP) is 7.91. The maximum Gasteiger partial charge on any atom is 0.187 e. The Labute approximate surface area is 182 Å². The molecule has 0 atom stereocenters. The summed E-state index contributed by atoms with van der Waals surface area (Å²) in [6, 6.07) is 10.2. The third-order valence-corrected chi connectivity index (χ3v) is 6.26. The largest absolute Gasteiger partial charge is 0.461 e. The number of nitrogens with one attached hydrogen (secondary N) is 1. The number of rotatable bonds is 10. The van der Waals surface area contributed by atoms with Crippen molar-refractivity contribution in [2.24, 2.45) is 0 Å². The SMILES string of the molecule is CCCCCCCCc1oc2ccc(Nc3nc(-c4cccnc4)cs3)cc2c1C. The van der Waals surface area contributed by atoms with Gasteiger partial charge in [-0.1, -0.05) is 39.0 Å². The Morgan fingerprint density at radius 3 is 2.77 bits per heavy atom. The number of hydrogen-bond donors (Lipinski definition) is 1. The highest BCUT2D eigenvalue weighted by molar-refractivity contribution is 7.14. The first kappa shape index (κ1) is 20.6. The van der Waals surface area contributed by atoms with E-state index in [1.54, 1.807) is 17.5 Å². The molecule has 156 valence electrons. The second-order valence-electron chi connectivity index (χ2n) is 7.78. The molecular formula is C25H29N3OS. The van der Waals surface area contributed by atoms with Gasteiger partial charge in [-0.2, -0.15) is 0 Å². The van der Waals surface area contributed by atoms with Crippen molar-refractivity contribution in [3.63, 3.8) is 0 Å². The number of anilines is 2. The number of thiazole rings is 1. The lowest BCUT2D eigenvalue weighted by molar-refractivity contribution is 0.518. The molecule has 0 amide bonds. The van der Waals surface area contributed by atoms with Gasteiger partial charge in [0.1, 0.15) is 11.3 Å². The van der Waals surface area contributed by atoms with Crippen LogP contribution in [0, 0.1) is 6.92 Å². The van der Waals surface area contributed by atoms with Crippen LogP contribution >= 0.6 is 11.3 Å². The molecule has 0 bridgehead atoms. The van der Waals surface area contributed by atoms with Crippen molar-refractivity contribution in [2.45, 2.75) is 58.8 Å². The smallest absolute Gasteiger partial charge is 0.187 e. The Morgan fingerprint density at radius 1 is 1.07 bits per heavy atom. The van der Waals surface area contributed by atoms with Gasteiger partial charge in [-0.15, -0.1) is 11.3 Å². The number of aromatic nitrogens is 2. The van der Waals surface area contributed by atoms with Gasteiger partial charge < -0.3 is 9.73 Å². The van der Waals surface area contributed by atoms with Crippen molar-refractivity contribution in [1.29, 1.82) is 0 Å². The summed E-state index contributed by atoms with van der Waals surface area (Å²) in [6.45, 7) is 4.43. The van der Waals surface area contributed by atoms with E-state index in [9.17, 15) is 0 Å². The zero-order valence-corrected chi connectivity index (χ0v) is 18.6. The number of fused-ring (bicyclic) bond motifs is 1. The average molecular weight is 420 g/mol. The number of unbranched alkanes of at least 4 members (excludes halogenated alkanes) is 5. The third-order valence-electron chi connectivity index (χ3n) is 5.51. The van der Waals surface area contributed by atoms with E-state index in [1.165, 1.54) is 49.5 Å². The number of hydrogen-bond acceptors (Lipinski definition) is 5. The van der Waals surface area contributed by atoms with Gasteiger partial charge in [0.05, 0.1) is 5.69 Å². The van der Waals surface area contributed by atoms with Crippen molar-refractivity contribution in [2.75, 3.05) is 5.32 Å². The summed E-state index contributed by atoms with van der Waals surface area (Å²) >= 11 is 1.60. The Bertz CT molecular complexity index is 1080. The minimum atomic E-state index is 0.877. The number of aryl methyl sites for hydroxylation is 2. The number of nitrogens with zero attached hydrogens (tertiary/aromatic N) is 2. The molecule has 4 aromatic rings. The van der Waals surface area contributed by atoms with E-state index in [0.717, 1.165) is 39.8 Å². The molecule has 0 unspecified atom stereocenters. The van der Waals surface area contributed by atoms with Crippen LogP contribution in [0.5, 0.6) is 0 Å². The first-order chi connectivity index (χ1) is 14.7. The van der Waals surface area contributed by atoms with Gasteiger partial charge in [-0.25, -0.2) is 4.98 Å². The van der Waals surface area contributed by atoms with Crippen molar-refractivity contribution in [3.05, 3.63) is 59.4 Å². The van der Waals surface area contributed by atoms with Crippen LogP contribution in [-0.4, -0.2) is 9.97 Å². The molecule has 0 aliphatic carbocycles. The normalized spacial score (nSPS) is 11.3. The van der Waals surface area contributed by atoms with E-state index in [2.05, 4.69) is 47.7 Å². The molecule has 1 N–H and O–H groups in total. The maximum atomic E-state index is 6.15. The highest BCUT2D eigenvalue weighted by atomic mass is 32.1. The molecule has 0 spiro atoms. The molecule has 4 nitrogen and oxygen atoms in total. The Hall–Kier alpha value is -2.66. The van der Waals surface area contributed by atoms with Gasteiger partial charge in [0.15, 0.2) is 5.13 Å². The first-order valence-electron chi connectivity index (χ1n) is 10.9. The van der Waals surface area contributed by atoms with Gasteiger partial charge in [0.2, 0.25) is 0 Å². The van der Waals surface area contributed by atoms with Crippen LogP contribution in [0.1, 0.15) is 56.8 Å². The Balaban J connectivity index is 1.42. The van der Waals surface area contributed by atoms with E-state index < -0.39 is 0 Å².